The maximum atomic E-state index is 8.75. The summed E-state index contributed by atoms with van der Waals surface area (Å²) in [7, 11) is 0. The normalized spacial score (nSPS) is 10.2. The lowest BCUT2D eigenvalue weighted by molar-refractivity contribution is 0.274. The zero-order valence-electron chi connectivity index (χ0n) is 6.69. The molecule has 1 rings (SSSR count). The average Bonchev–Trinajstić information content (AvgIpc) is 2.34. The van der Waals surface area contributed by atoms with Gasteiger partial charge in [0.1, 0.15) is 5.82 Å². The van der Waals surface area contributed by atoms with Gasteiger partial charge in [-0.1, -0.05) is 12.2 Å². The van der Waals surface area contributed by atoms with Crippen molar-refractivity contribution in [3.8, 4) is 0 Å². The zero-order valence-corrected chi connectivity index (χ0v) is 8.40. The minimum absolute atomic E-state index is 0.0839. The average molecular weight is 202 g/mol. The van der Waals surface area contributed by atoms with Crippen molar-refractivity contribution in [2.24, 2.45) is 0 Å². The van der Waals surface area contributed by atoms with Crippen LogP contribution in [0.3, 0.4) is 0 Å². The Morgan fingerprint density at radius 1 is 1.83 bits per heavy atom. The molecule has 12 heavy (non-hydrogen) atoms. The number of imidazole rings is 1. The highest BCUT2D eigenvalue weighted by molar-refractivity contribution is 8.11. The van der Waals surface area contributed by atoms with E-state index in [0.29, 0.717) is 10.7 Å². The summed E-state index contributed by atoms with van der Waals surface area (Å²) in [5, 5.41) is 8.75. The molecule has 0 aliphatic rings. The minimum atomic E-state index is 0.0839. The first-order valence-corrected chi connectivity index (χ1v) is 4.38. The molecule has 0 amide bonds. The molecule has 0 aliphatic carbocycles. The summed E-state index contributed by atoms with van der Waals surface area (Å²) in [5.41, 5.74) is 0.792. The van der Waals surface area contributed by atoms with Gasteiger partial charge in [0, 0.05) is 6.54 Å². The fourth-order valence-electron chi connectivity index (χ4n) is 1.02. The van der Waals surface area contributed by atoms with Crippen LogP contribution >= 0.6 is 24.8 Å². The highest BCUT2D eigenvalue weighted by atomic mass is 32.1. The summed E-state index contributed by atoms with van der Waals surface area (Å²) in [6.45, 7) is 2.47. The van der Waals surface area contributed by atoms with Crippen molar-refractivity contribution in [1.82, 2.24) is 9.55 Å². The smallest absolute Gasteiger partial charge is 0.106 e. The van der Waals surface area contributed by atoms with Crippen molar-refractivity contribution >= 4 is 29.0 Å². The number of aliphatic hydroxyl groups excluding tert-OH is 1. The van der Waals surface area contributed by atoms with Crippen LogP contribution in [-0.4, -0.2) is 25.5 Å². The zero-order chi connectivity index (χ0) is 9.14. The lowest BCUT2D eigenvalue weighted by Gasteiger charge is -2.05. The number of thiol groups is 1. The fourth-order valence-corrected chi connectivity index (χ4v) is 1.36. The van der Waals surface area contributed by atoms with Crippen molar-refractivity contribution in [2.75, 3.05) is 6.61 Å². The standard InChI is InChI=1S/C7H10N2OS2/c1-5-8-4-6(7(11)12)9(5)2-3-10/h4,10H,2-3H2,1H3,(H,11,12). The predicted octanol–water partition coefficient (Wildman–Crippen LogP) is 0.789. The molecule has 0 radical (unpaired) electrons. The number of rotatable bonds is 3. The van der Waals surface area contributed by atoms with E-state index in [0.717, 1.165) is 11.5 Å². The summed E-state index contributed by atoms with van der Waals surface area (Å²) in [5.74, 6) is 0.843. The molecular weight excluding hydrogens is 192 g/mol. The van der Waals surface area contributed by atoms with E-state index in [4.69, 9.17) is 17.3 Å². The summed E-state index contributed by atoms with van der Waals surface area (Å²) in [4.78, 5) is 4.07. The maximum absolute atomic E-state index is 8.75. The molecule has 1 heterocycles. The second-order valence-electron chi connectivity index (χ2n) is 2.37. The van der Waals surface area contributed by atoms with Crippen LogP contribution in [0.25, 0.3) is 0 Å². The van der Waals surface area contributed by atoms with Crippen molar-refractivity contribution in [3.05, 3.63) is 17.7 Å². The van der Waals surface area contributed by atoms with Crippen LogP contribution in [-0.2, 0) is 6.54 Å². The Morgan fingerprint density at radius 2 is 2.50 bits per heavy atom. The van der Waals surface area contributed by atoms with E-state index in [1.165, 1.54) is 0 Å². The van der Waals surface area contributed by atoms with Crippen LogP contribution in [0, 0.1) is 6.92 Å². The Hall–Kier alpha value is -0.390. The molecular formula is C7H10N2OS2. The van der Waals surface area contributed by atoms with E-state index >= 15 is 0 Å². The molecule has 1 aromatic rings. The van der Waals surface area contributed by atoms with E-state index in [2.05, 4.69) is 17.6 Å². The molecule has 0 atom stereocenters. The molecule has 0 aromatic carbocycles. The van der Waals surface area contributed by atoms with E-state index in [1.807, 2.05) is 11.5 Å². The third-order valence-electron chi connectivity index (χ3n) is 1.60. The van der Waals surface area contributed by atoms with E-state index < -0.39 is 0 Å². The summed E-state index contributed by atoms with van der Waals surface area (Å²) < 4.78 is 2.35. The maximum Gasteiger partial charge on any atom is 0.106 e. The molecule has 1 aromatic heterocycles. The quantitative estimate of drug-likeness (QED) is 0.562. The molecule has 0 fully saturated rings. The highest BCUT2D eigenvalue weighted by Crippen LogP contribution is 2.08. The molecule has 0 saturated heterocycles. The predicted molar refractivity (Wildman–Crippen MR) is 54.7 cm³/mol. The third-order valence-corrected chi connectivity index (χ3v) is 2.04. The second-order valence-corrected chi connectivity index (χ2v) is 3.53. The Kier molecular flexibility index (Phi) is 3.25. The van der Waals surface area contributed by atoms with E-state index in [9.17, 15) is 0 Å². The van der Waals surface area contributed by atoms with Gasteiger partial charge in [-0.05, 0) is 6.92 Å². The lowest BCUT2D eigenvalue weighted by atomic mass is 10.5. The van der Waals surface area contributed by atoms with Crippen LogP contribution < -0.4 is 0 Å². The largest absolute Gasteiger partial charge is 0.395 e. The van der Waals surface area contributed by atoms with Gasteiger partial charge in [-0.25, -0.2) is 4.98 Å². The highest BCUT2D eigenvalue weighted by Gasteiger charge is 2.07. The van der Waals surface area contributed by atoms with Crippen LogP contribution in [0.15, 0.2) is 6.20 Å². The van der Waals surface area contributed by atoms with E-state index in [-0.39, 0.29) is 6.61 Å². The molecule has 1 N–H and O–H groups in total. The van der Waals surface area contributed by atoms with Gasteiger partial charge in [0.15, 0.2) is 0 Å². The number of nitrogens with zero attached hydrogens (tertiary/aromatic N) is 2. The first kappa shape index (κ1) is 9.70. The van der Waals surface area contributed by atoms with Gasteiger partial charge in [-0.15, -0.1) is 12.6 Å². The van der Waals surface area contributed by atoms with Crippen LogP contribution in [0.4, 0.5) is 0 Å². The Labute approximate surface area is 81.8 Å². The number of aromatic nitrogens is 2. The Balaban J connectivity index is 3.03. The molecule has 66 valence electrons. The van der Waals surface area contributed by atoms with Crippen LogP contribution in [0.5, 0.6) is 0 Å². The van der Waals surface area contributed by atoms with Crippen LogP contribution in [0.2, 0.25) is 0 Å². The number of thiocarbonyl (C=S) groups is 1. The second kappa shape index (κ2) is 4.02. The third kappa shape index (κ3) is 1.85. The SMILES string of the molecule is Cc1ncc(C(=S)S)n1CCO. The molecule has 3 nitrogen and oxygen atoms in total. The van der Waals surface area contributed by atoms with Crippen LogP contribution in [0.1, 0.15) is 11.5 Å². The number of hydrogen-bond acceptors (Lipinski definition) is 3. The van der Waals surface area contributed by atoms with Crippen molar-refractivity contribution in [3.63, 3.8) is 0 Å². The van der Waals surface area contributed by atoms with Gasteiger partial charge in [0.05, 0.1) is 22.7 Å². The van der Waals surface area contributed by atoms with Gasteiger partial charge in [-0.2, -0.15) is 0 Å². The molecule has 0 spiro atoms. The molecule has 0 bridgehead atoms. The summed E-state index contributed by atoms with van der Waals surface area (Å²) in [6.07, 6.45) is 1.67. The summed E-state index contributed by atoms with van der Waals surface area (Å²) >= 11 is 8.95. The number of hydrogen-bond donors (Lipinski definition) is 2. The van der Waals surface area contributed by atoms with Crippen molar-refractivity contribution < 1.29 is 5.11 Å². The van der Waals surface area contributed by atoms with Gasteiger partial charge in [-0.3, -0.25) is 0 Å². The first-order chi connectivity index (χ1) is 5.66. The van der Waals surface area contributed by atoms with Gasteiger partial charge in [0.25, 0.3) is 0 Å². The lowest BCUT2D eigenvalue weighted by Crippen LogP contribution is -2.09. The molecule has 0 aliphatic heterocycles. The number of aryl methyl sites for hydroxylation is 1. The van der Waals surface area contributed by atoms with Gasteiger partial charge >= 0.3 is 0 Å². The van der Waals surface area contributed by atoms with Crippen molar-refractivity contribution in [2.45, 2.75) is 13.5 Å². The topological polar surface area (TPSA) is 38.0 Å². The Bertz CT molecular complexity index is 296. The molecule has 0 unspecified atom stereocenters. The number of aliphatic hydroxyl groups is 1. The van der Waals surface area contributed by atoms with E-state index in [1.54, 1.807) is 6.20 Å². The molecule has 5 heteroatoms. The fraction of sp³-hybridized carbons (Fsp3) is 0.429. The first-order valence-electron chi connectivity index (χ1n) is 3.53. The van der Waals surface area contributed by atoms with Gasteiger partial charge < -0.3 is 9.67 Å². The molecule has 0 saturated carbocycles. The monoisotopic (exact) mass is 202 g/mol. The summed E-state index contributed by atoms with van der Waals surface area (Å²) in [6, 6.07) is 0. The Morgan fingerprint density at radius 3 is 3.00 bits per heavy atom. The van der Waals surface area contributed by atoms with Gasteiger partial charge in [0.2, 0.25) is 0 Å². The van der Waals surface area contributed by atoms with Crippen molar-refractivity contribution in [1.29, 1.82) is 0 Å². The minimum Gasteiger partial charge on any atom is -0.395 e.